The van der Waals surface area contributed by atoms with Crippen molar-refractivity contribution in [1.82, 2.24) is 20.3 Å². The normalized spacial score (nSPS) is 15.3. The largest absolute Gasteiger partial charge is 0.366 e. The maximum Gasteiger partial charge on any atom is 0.276 e. The van der Waals surface area contributed by atoms with E-state index in [-0.39, 0.29) is 11.7 Å². The summed E-state index contributed by atoms with van der Waals surface area (Å²) in [6, 6.07) is 6.70. The summed E-state index contributed by atoms with van der Waals surface area (Å²) in [7, 11) is 0. The van der Waals surface area contributed by atoms with Gasteiger partial charge in [0.05, 0.1) is 11.4 Å². The van der Waals surface area contributed by atoms with Crippen LogP contribution < -0.4 is 4.90 Å². The van der Waals surface area contributed by atoms with Gasteiger partial charge < -0.3 is 9.80 Å². The molecule has 0 unspecified atom stereocenters. The van der Waals surface area contributed by atoms with Crippen molar-refractivity contribution in [3.05, 3.63) is 41.5 Å². The Balaban J connectivity index is 1.67. The number of halogens is 1. The first-order valence-corrected chi connectivity index (χ1v) is 6.83. The van der Waals surface area contributed by atoms with E-state index < -0.39 is 0 Å². The second-order valence-electron chi connectivity index (χ2n) is 4.99. The summed E-state index contributed by atoms with van der Waals surface area (Å²) in [5.41, 5.74) is 1.54. The van der Waals surface area contributed by atoms with Crippen LogP contribution in [0.1, 0.15) is 16.2 Å². The molecule has 0 spiro atoms. The predicted molar refractivity (Wildman–Crippen MR) is 75.6 cm³/mol. The van der Waals surface area contributed by atoms with E-state index in [1.165, 1.54) is 6.07 Å². The molecular formula is C14H16FN5O. The summed E-state index contributed by atoms with van der Waals surface area (Å²) in [5, 5.41) is 10.2. The van der Waals surface area contributed by atoms with Gasteiger partial charge in [-0.1, -0.05) is 12.1 Å². The Kier molecular flexibility index (Phi) is 3.55. The van der Waals surface area contributed by atoms with Crippen LogP contribution in [-0.4, -0.2) is 52.4 Å². The number of H-pyrrole nitrogens is 1. The first kappa shape index (κ1) is 13.5. The Morgan fingerprint density at radius 2 is 1.90 bits per heavy atom. The fourth-order valence-electron chi connectivity index (χ4n) is 2.49. The molecule has 6 nitrogen and oxygen atoms in total. The van der Waals surface area contributed by atoms with Gasteiger partial charge in [-0.2, -0.15) is 15.4 Å². The standard InChI is InChI=1S/C14H16FN5O/c1-10-13(17-18-16-10)14(21)20-8-6-19(7-9-20)12-5-3-2-4-11(12)15/h2-5H,6-9H2,1H3,(H,16,17,18). The summed E-state index contributed by atoms with van der Waals surface area (Å²) < 4.78 is 13.8. The highest BCUT2D eigenvalue weighted by Crippen LogP contribution is 2.20. The first-order chi connectivity index (χ1) is 10.2. The van der Waals surface area contributed by atoms with E-state index in [9.17, 15) is 9.18 Å². The number of nitrogens with zero attached hydrogens (tertiary/aromatic N) is 4. The third-order valence-electron chi connectivity index (χ3n) is 3.68. The van der Waals surface area contributed by atoms with Gasteiger partial charge >= 0.3 is 0 Å². The Morgan fingerprint density at radius 1 is 1.19 bits per heavy atom. The third-order valence-corrected chi connectivity index (χ3v) is 3.68. The minimum absolute atomic E-state index is 0.130. The molecule has 3 rings (SSSR count). The quantitative estimate of drug-likeness (QED) is 0.902. The highest BCUT2D eigenvalue weighted by atomic mass is 19.1. The van der Waals surface area contributed by atoms with Crippen LogP contribution >= 0.6 is 0 Å². The Morgan fingerprint density at radius 3 is 2.52 bits per heavy atom. The molecule has 7 heteroatoms. The van der Waals surface area contributed by atoms with Gasteiger partial charge in [0.1, 0.15) is 5.82 Å². The lowest BCUT2D eigenvalue weighted by atomic mass is 10.2. The lowest BCUT2D eigenvalue weighted by Crippen LogP contribution is -2.49. The van der Waals surface area contributed by atoms with Crippen molar-refractivity contribution in [1.29, 1.82) is 0 Å². The average molecular weight is 289 g/mol. The number of hydrogen-bond acceptors (Lipinski definition) is 4. The van der Waals surface area contributed by atoms with Gasteiger partial charge in [0.15, 0.2) is 5.69 Å². The van der Waals surface area contributed by atoms with Gasteiger partial charge in [0.25, 0.3) is 5.91 Å². The molecule has 0 aliphatic carbocycles. The van der Waals surface area contributed by atoms with Crippen molar-refractivity contribution in [3.8, 4) is 0 Å². The molecule has 2 heterocycles. The van der Waals surface area contributed by atoms with Crippen LogP contribution in [0, 0.1) is 12.7 Å². The van der Waals surface area contributed by atoms with Gasteiger partial charge in [-0.25, -0.2) is 4.39 Å². The van der Waals surface area contributed by atoms with Crippen molar-refractivity contribution in [2.75, 3.05) is 31.1 Å². The number of para-hydroxylation sites is 1. The van der Waals surface area contributed by atoms with E-state index in [1.807, 2.05) is 11.0 Å². The van der Waals surface area contributed by atoms with Gasteiger partial charge in [-0.05, 0) is 19.1 Å². The number of amides is 1. The van der Waals surface area contributed by atoms with Gasteiger partial charge in [-0.15, -0.1) is 0 Å². The number of aryl methyl sites for hydroxylation is 1. The maximum atomic E-state index is 13.8. The molecule has 0 radical (unpaired) electrons. The zero-order chi connectivity index (χ0) is 14.8. The van der Waals surface area contributed by atoms with Gasteiger partial charge in [0.2, 0.25) is 0 Å². The number of aromatic amines is 1. The number of hydrogen-bond donors (Lipinski definition) is 1. The smallest absolute Gasteiger partial charge is 0.276 e. The van der Waals surface area contributed by atoms with Crippen molar-refractivity contribution in [3.63, 3.8) is 0 Å². The number of anilines is 1. The van der Waals surface area contributed by atoms with Crippen LogP contribution in [0.4, 0.5) is 10.1 Å². The third kappa shape index (κ3) is 2.58. The average Bonchev–Trinajstić information content (AvgIpc) is 2.93. The van der Waals surface area contributed by atoms with Crippen LogP contribution in [-0.2, 0) is 0 Å². The predicted octanol–water partition coefficient (Wildman–Crippen LogP) is 1.21. The van der Waals surface area contributed by atoms with Crippen LogP contribution in [0.25, 0.3) is 0 Å². The Hall–Kier alpha value is -2.44. The summed E-state index contributed by atoms with van der Waals surface area (Å²) >= 11 is 0. The van der Waals surface area contributed by atoms with Crippen molar-refractivity contribution in [2.45, 2.75) is 6.92 Å². The molecule has 0 saturated carbocycles. The molecular weight excluding hydrogens is 273 g/mol. The van der Waals surface area contributed by atoms with E-state index in [0.717, 1.165) is 0 Å². The van der Waals surface area contributed by atoms with Crippen LogP contribution in [0.3, 0.4) is 0 Å². The maximum absolute atomic E-state index is 13.8. The summed E-state index contributed by atoms with van der Waals surface area (Å²) in [4.78, 5) is 16.0. The molecule has 0 atom stereocenters. The molecule has 1 aromatic carbocycles. The minimum Gasteiger partial charge on any atom is -0.366 e. The second-order valence-corrected chi connectivity index (χ2v) is 4.99. The molecule has 1 aliphatic rings. The van der Waals surface area contributed by atoms with Crippen molar-refractivity contribution in [2.24, 2.45) is 0 Å². The van der Waals surface area contributed by atoms with E-state index in [0.29, 0.717) is 43.3 Å². The summed E-state index contributed by atoms with van der Waals surface area (Å²) in [5.74, 6) is -0.362. The number of nitrogens with one attached hydrogen (secondary N) is 1. The van der Waals surface area contributed by atoms with Crippen LogP contribution in [0.15, 0.2) is 24.3 Å². The van der Waals surface area contributed by atoms with Crippen LogP contribution in [0.5, 0.6) is 0 Å². The number of carbonyl (C=O) groups is 1. The number of benzene rings is 1. The molecule has 1 fully saturated rings. The van der Waals surface area contributed by atoms with Gasteiger partial charge in [-0.3, -0.25) is 4.79 Å². The summed E-state index contributed by atoms with van der Waals surface area (Å²) in [6.07, 6.45) is 0. The molecule has 1 saturated heterocycles. The zero-order valence-corrected chi connectivity index (χ0v) is 11.7. The SMILES string of the molecule is Cc1n[nH]nc1C(=O)N1CCN(c2ccccc2F)CC1. The number of aromatic nitrogens is 3. The zero-order valence-electron chi connectivity index (χ0n) is 11.7. The molecule has 1 N–H and O–H groups in total. The molecule has 2 aromatic rings. The molecule has 1 amide bonds. The monoisotopic (exact) mass is 289 g/mol. The molecule has 1 aromatic heterocycles. The van der Waals surface area contributed by atoms with E-state index in [2.05, 4.69) is 15.4 Å². The first-order valence-electron chi connectivity index (χ1n) is 6.83. The second kappa shape index (κ2) is 5.51. The van der Waals surface area contributed by atoms with E-state index >= 15 is 0 Å². The van der Waals surface area contributed by atoms with Crippen molar-refractivity contribution >= 4 is 11.6 Å². The molecule has 110 valence electrons. The van der Waals surface area contributed by atoms with Gasteiger partial charge in [0, 0.05) is 26.2 Å². The number of carbonyl (C=O) groups excluding carboxylic acids is 1. The highest BCUT2D eigenvalue weighted by molar-refractivity contribution is 5.93. The number of piperazine rings is 1. The Bertz CT molecular complexity index is 648. The lowest BCUT2D eigenvalue weighted by Gasteiger charge is -2.35. The van der Waals surface area contributed by atoms with Crippen molar-refractivity contribution < 1.29 is 9.18 Å². The fraction of sp³-hybridized carbons (Fsp3) is 0.357. The Labute approximate surface area is 121 Å². The highest BCUT2D eigenvalue weighted by Gasteiger charge is 2.26. The molecule has 0 bridgehead atoms. The minimum atomic E-state index is -0.232. The lowest BCUT2D eigenvalue weighted by molar-refractivity contribution is 0.0740. The summed E-state index contributed by atoms with van der Waals surface area (Å²) in [6.45, 7) is 4.03. The van der Waals surface area contributed by atoms with E-state index in [1.54, 1.807) is 24.0 Å². The van der Waals surface area contributed by atoms with E-state index in [4.69, 9.17) is 0 Å². The number of rotatable bonds is 2. The molecule has 1 aliphatic heterocycles. The topological polar surface area (TPSA) is 65.1 Å². The fourth-order valence-corrected chi connectivity index (χ4v) is 2.49. The molecule has 21 heavy (non-hydrogen) atoms. The van der Waals surface area contributed by atoms with Crippen LogP contribution in [0.2, 0.25) is 0 Å².